The molecule has 0 fully saturated rings. The molecule has 2 atom stereocenters. The third kappa shape index (κ3) is 9.35. The molecule has 0 spiro atoms. The minimum atomic E-state index is -1.30. The Hall–Kier alpha value is -2.69. The van der Waals surface area contributed by atoms with Gasteiger partial charge in [-0.2, -0.15) is 0 Å². The van der Waals surface area contributed by atoms with Gasteiger partial charge in [0.05, 0.1) is 0 Å². The van der Waals surface area contributed by atoms with Crippen molar-refractivity contribution in [3.8, 4) is 0 Å². The van der Waals surface area contributed by atoms with Gasteiger partial charge in [0.2, 0.25) is 11.8 Å². The van der Waals surface area contributed by atoms with Crippen molar-refractivity contribution in [2.75, 3.05) is 13.2 Å². The number of rotatable bonds is 11. The lowest BCUT2D eigenvalue weighted by Gasteiger charge is -2.18. The number of nitrogens with two attached hydrogens (primary N) is 1. The Morgan fingerprint density at radius 3 is 2.29 bits per heavy atom. The molecule has 0 bridgehead atoms. The largest absolute Gasteiger partial charge is 0.480 e. The summed E-state index contributed by atoms with van der Waals surface area (Å²) in [7, 11) is 0. The summed E-state index contributed by atoms with van der Waals surface area (Å²) in [5, 5.41) is 21.4. The zero-order valence-electron chi connectivity index (χ0n) is 13.1. The molecule has 0 saturated carbocycles. The third-order valence-corrected chi connectivity index (χ3v) is 2.76. The van der Waals surface area contributed by atoms with Crippen molar-refractivity contribution >= 4 is 29.7 Å². The van der Waals surface area contributed by atoms with E-state index in [1.54, 1.807) is 0 Å². The molecule has 0 aliphatic carbocycles. The lowest BCUT2D eigenvalue weighted by Crippen LogP contribution is -2.50. The van der Waals surface area contributed by atoms with Crippen LogP contribution in [0.3, 0.4) is 0 Å². The van der Waals surface area contributed by atoms with E-state index in [9.17, 15) is 24.0 Å². The number of hydrogen-bond donors (Lipinski definition) is 5. The number of hydrogen-bond acceptors (Lipinski definition) is 7. The second-order valence-corrected chi connectivity index (χ2v) is 4.75. The molecule has 24 heavy (non-hydrogen) atoms. The monoisotopic (exact) mass is 347 g/mol. The van der Waals surface area contributed by atoms with Crippen LogP contribution in [0.15, 0.2) is 0 Å². The standard InChI is InChI=1S/C13H21N3O8/c1-2-11(20)24-6-8(12(21)15-5-10(18)19)16-9(17)4-3-7(14)13(22)23/h7-8H,2-6,14H2,1H3,(H,15,21)(H,16,17)(H,18,19)(H,22,23)/t7-,8-/m0/s1. The van der Waals surface area contributed by atoms with Crippen LogP contribution in [0.5, 0.6) is 0 Å². The third-order valence-electron chi connectivity index (χ3n) is 2.76. The van der Waals surface area contributed by atoms with Crippen LogP contribution in [-0.2, 0) is 28.7 Å². The highest BCUT2D eigenvalue weighted by molar-refractivity contribution is 5.89. The number of ether oxygens (including phenoxy) is 1. The fraction of sp³-hybridized carbons (Fsp3) is 0.615. The molecule has 0 aromatic carbocycles. The van der Waals surface area contributed by atoms with E-state index in [2.05, 4.69) is 5.32 Å². The van der Waals surface area contributed by atoms with Gasteiger partial charge < -0.3 is 31.3 Å². The number of aliphatic carboxylic acids is 2. The Morgan fingerprint density at radius 2 is 1.79 bits per heavy atom. The maximum absolute atomic E-state index is 11.8. The lowest BCUT2D eigenvalue weighted by atomic mass is 10.1. The first-order chi connectivity index (χ1) is 11.2. The highest BCUT2D eigenvalue weighted by atomic mass is 16.5. The first-order valence-electron chi connectivity index (χ1n) is 7.10. The maximum atomic E-state index is 11.8. The van der Waals surface area contributed by atoms with Gasteiger partial charge in [0, 0.05) is 12.8 Å². The molecule has 136 valence electrons. The van der Waals surface area contributed by atoms with Crippen molar-refractivity contribution in [2.45, 2.75) is 38.3 Å². The molecule has 2 amide bonds. The molecule has 11 heteroatoms. The summed E-state index contributed by atoms with van der Waals surface area (Å²) >= 11 is 0. The van der Waals surface area contributed by atoms with Gasteiger partial charge in [-0.1, -0.05) is 6.92 Å². The predicted molar refractivity (Wildman–Crippen MR) is 78.7 cm³/mol. The summed E-state index contributed by atoms with van der Waals surface area (Å²) in [5.41, 5.74) is 5.26. The second-order valence-electron chi connectivity index (χ2n) is 4.75. The molecule has 0 aromatic rings. The van der Waals surface area contributed by atoms with Crippen LogP contribution in [0.25, 0.3) is 0 Å². The Labute approximate surface area is 137 Å². The van der Waals surface area contributed by atoms with Crippen LogP contribution in [0, 0.1) is 0 Å². The van der Waals surface area contributed by atoms with Gasteiger partial charge in [-0.3, -0.25) is 24.0 Å². The van der Waals surface area contributed by atoms with Gasteiger partial charge in [-0.15, -0.1) is 0 Å². The van der Waals surface area contributed by atoms with E-state index in [1.807, 2.05) is 5.32 Å². The number of carbonyl (C=O) groups is 5. The normalized spacial score (nSPS) is 12.6. The minimum absolute atomic E-state index is 0.0604. The zero-order chi connectivity index (χ0) is 18.7. The van der Waals surface area contributed by atoms with Crippen molar-refractivity contribution in [2.24, 2.45) is 5.73 Å². The summed E-state index contributed by atoms with van der Waals surface area (Å²) < 4.78 is 4.77. The Balaban J connectivity index is 4.63. The average Bonchev–Trinajstić information content (AvgIpc) is 2.53. The van der Waals surface area contributed by atoms with Crippen LogP contribution in [0.2, 0.25) is 0 Å². The van der Waals surface area contributed by atoms with Gasteiger partial charge >= 0.3 is 17.9 Å². The number of amides is 2. The van der Waals surface area contributed by atoms with Gasteiger partial charge in [0.1, 0.15) is 25.2 Å². The predicted octanol–water partition coefficient (Wildman–Crippen LogP) is -2.18. The summed E-state index contributed by atoms with van der Waals surface area (Å²) in [6, 6.07) is -2.53. The topological polar surface area (TPSA) is 185 Å². The highest BCUT2D eigenvalue weighted by Gasteiger charge is 2.23. The fourth-order valence-corrected chi connectivity index (χ4v) is 1.42. The summed E-state index contributed by atoms with van der Waals surface area (Å²) in [6.07, 6.45) is -0.359. The van der Waals surface area contributed by atoms with E-state index in [0.717, 1.165) is 0 Å². The summed E-state index contributed by atoms with van der Waals surface area (Å²) in [4.78, 5) is 55.7. The van der Waals surface area contributed by atoms with Crippen LogP contribution in [0.1, 0.15) is 26.2 Å². The van der Waals surface area contributed by atoms with Crippen LogP contribution in [0.4, 0.5) is 0 Å². The molecule has 6 N–H and O–H groups in total. The number of nitrogens with one attached hydrogen (secondary N) is 2. The second kappa shape index (κ2) is 10.9. The number of carbonyl (C=O) groups excluding carboxylic acids is 3. The van der Waals surface area contributed by atoms with Crippen molar-refractivity contribution < 1.29 is 38.9 Å². The lowest BCUT2D eigenvalue weighted by molar-refractivity contribution is -0.147. The molecule has 11 nitrogen and oxygen atoms in total. The SMILES string of the molecule is CCC(=O)OC[C@H](NC(=O)CC[C@H](N)C(=O)O)C(=O)NCC(=O)O. The summed E-state index contributed by atoms with van der Waals surface area (Å²) in [5.74, 6) is -4.69. The van der Waals surface area contributed by atoms with E-state index in [4.69, 9.17) is 20.7 Å². The first-order valence-corrected chi connectivity index (χ1v) is 7.10. The molecule has 0 unspecified atom stereocenters. The van der Waals surface area contributed by atoms with E-state index in [1.165, 1.54) is 6.92 Å². The summed E-state index contributed by atoms with van der Waals surface area (Å²) in [6.45, 7) is 0.388. The van der Waals surface area contributed by atoms with Crippen molar-refractivity contribution in [3.63, 3.8) is 0 Å². The van der Waals surface area contributed by atoms with Crippen molar-refractivity contribution in [1.82, 2.24) is 10.6 Å². The first kappa shape index (κ1) is 21.3. The molecule has 0 radical (unpaired) electrons. The molecule has 0 aliphatic heterocycles. The maximum Gasteiger partial charge on any atom is 0.322 e. The average molecular weight is 347 g/mol. The highest BCUT2D eigenvalue weighted by Crippen LogP contribution is 1.97. The van der Waals surface area contributed by atoms with Gasteiger partial charge in [0.25, 0.3) is 0 Å². The van der Waals surface area contributed by atoms with E-state index in [0.29, 0.717) is 0 Å². The fourth-order valence-electron chi connectivity index (χ4n) is 1.42. The number of esters is 1. The van der Waals surface area contributed by atoms with Gasteiger partial charge in [0.15, 0.2) is 0 Å². The van der Waals surface area contributed by atoms with Gasteiger partial charge in [-0.05, 0) is 6.42 Å². The molecular weight excluding hydrogens is 326 g/mol. The number of carboxylic acid groups (broad SMARTS) is 2. The van der Waals surface area contributed by atoms with E-state index < -0.39 is 55.0 Å². The Bertz CT molecular complexity index is 494. The molecule has 0 rings (SSSR count). The van der Waals surface area contributed by atoms with Crippen LogP contribution in [-0.4, -0.2) is 65.2 Å². The smallest absolute Gasteiger partial charge is 0.322 e. The molecule has 0 heterocycles. The Morgan fingerprint density at radius 1 is 1.17 bits per heavy atom. The van der Waals surface area contributed by atoms with Crippen LogP contribution < -0.4 is 16.4 Å². The van der Waals surface area contributed by atoms with Gasteiger partial charge in [-0.25, -0.2) is 0 Å². The van der Waals surface area contributed by atoms with Crippen molar-refractivity contribution in [1.29, 1.82) is 0 Å². The van der Waals surface area contributed by atoms with Crippen molar-refractivity contribution in [3.05, 3.63) is 0 Å². The Kier molecular flexibility index (Phi) is 9.71. The molecule has 0 saturated heterocycles. The molecule has 0 aliphatic rings. The van der Waals surface area contributed by atoms with E-state index >= 15 is 0 Å². The van der Waals surface area contributed by atoms with Crippen LogP contribution >= 0.6 is 0 Å². The molecular formula is C13H21N3O8. The van der Waals surface area contributed by atoms with E-state index in [-0.39, 0.29) is 19.3 Å². The zero-order valence-corrected chi connectivity index (χ0v) is 13.1. The quantitative estimate of drug-likeness (QED) is 0.259. The number of carboxylic acids is 2. The molecule has 0 aromatic heterocycles. The minimum Gasteiger partial charge on any atom is -0.480 e.